The van der Waals surface area contributed by atoms with Gasteiger partial charge in [0.25, 0.3) is 0 Å². The first-order valence-corrected chi connectivity index (χ1v) is 11.8. The van der Waals surface area contributed by atoms with E-state index in [1.54, 1.807) is 0 Å². The van der Waals surface area contributed by atoms with Crippen molar-refractivity contribution in [3.63, 3.8) is 0 Å². The van der Waals surface area contributed by atoms with Gasteiger partial charge in [-0.2, -0.15) is 13.2 Å². The minimum absolute atomic E-state index is 0.659. The Bertz CT molecular complexity index is 1520. The summed E-state index contributed by atoms with van der Waals surface area (Å²) in [4.78, 5) is 1.96. The highest BCUT2D eigenvalue weighted by Crippen LogP contribution is 2.40. The van der Waals surface area contributed by atoms with Gasteiger partial charge in [0.15, 0.2) is 0 Å². The zero-order valence-corrected chi connectivity index (χ0v) is 19.3. The fraction of sp³-hybridized carbons (Fsp3) is 0.0625. The van der Waals surface area contributed by atoms with Crippen LogP contribution in [0.2, 0.25) is 0 Å². The van der Waals surface area contributed by atoms with Gasteiger partial charge in [-0.15, -0.1) is 0 Å². The summed E-state index contributed by atoms with van der Waals surface area (Å²) < 4.78 is 39.4. The SMILES string of the molecule is FC(F)(F)c1ccc(N(c2ccccc2)c2ccc(-c3ccc4c(c3)-c3ccccc3C4)cc2)cc1. The smallest absolute Gasteiger partial charge is 0.311 e. The lowest BCUT2D eigenvalue weighted by Crippen LogP contribution is -2.11. The molecule has 0 aliphatic heterocycles. The molecule has 0 bridgehead atoms. The van der Waals surface area contributed by atoms with Crippen LogP contribution < -0.4 is 4.90 Å². The van der Waals surface area contributed by atoms with Gasteiger partial charge in [-0.3, -0.25) is 0 Å². The number of benzene rings is 5. The third kappa shape index (κ3) is 4.05. The first kappa shape index (κ1) is 22.2. The lowest BCUT2D eigenvalue weighted by atomic mass is 9.98. The average Bonchev–Trinajstić information content (AvgIpc) is 3.28. The molecule has 36 heavy (non-hydrogen) atoms. The second-order valence-electron chi connectivity index (χ2n) is 8.97. The Labute approximate surface area is 208 Å². The Morgan fingerprint density at radius 1 is 0.500 bits per heavy atom. The van der Waals surface area contributed by atoms with E-state index >= 15 is 0 Å². The molecule has 0 radical (unpaired) electrons. The largest absolute Gasteiger partial charge is 0.416 e. The Morgan fingerprint density at radius 2 is 1.06 bits per heavy atom. The van der Waals surface area contributed by atoms with Gasteiger partial charge in [0.2, 0.25) is 0 Å². The first-order valence-electron chi connectivity index (χ1n) is 11.8. The summed E-state index contributed by atoms with van der Waals surface area (Å²) in [5.74, 6) is 0. The molecule has 1 aliphatic carbocycles. The quantitative estimate of drug-likeness (QED) is 0.244. The molecule has 0 saturated heterocycles. The molecule has 1 nitrogen and oxygen atoms in total. The molecule has 5 aromatic carbocycles. The van der Waals surface area contributed by atoms with Crippen LogP contribution in [-0.2, 0) is 12.6 Å². The van der Waals surface area contributed by atoms with E-state index in [4.69, 9.17) is 0 Å². The van der Waals surface area contributed by atoms with Crippen LogP contribution in [0, 0.1) is 0 Å². The molecule has 176 valence electrons. The van der Waals surface area contributed by atoms with Crippen LogP contribution in [0.15, 0.2) is 121 Å². The number of rotatable bonds is 4. The van der Waals surface area contributed by atoms with Gasteiger partial charge in [0, 0.05) is 17.1 Å². The first-order chi connectivity index (χ1) is 17.5. The molecule has 4 heteroatoms. The molecule has 0 aromatic heterocycles. The number of para-hydroxylation sites is 1. The number of fused-ring (bicyclic) bond motifs is 3. The van der Waals surface area contributed by atoms with E-state index in [9.17, 15) is 13.2 Å². The summed E-state index contributed by atoms with van der Waals surface area (Å²) in [5, 5.41) is 0. The second-order valence-corrected chi connectivity index (χ2v) is 8.97. The van der Waals surface area contributed by atoms with Crippen molar-refractivity contribution in [3.8, 4) is 22.3 Å². The van der Waals surface area contributed by atoms with Crippen molar-refractivity contribution in [2.24, 2.45) is 0 Å². The molecule has 0 N–H and O–H groups in total. The Kier molecular flexibility index (Phi) is 5.37. The summed E-state index contributed by atoms with van der Waals surface area (Å²) in [6.45, 7) is 0. The molecule has 0 unspecified atom stereocenters. The van der Waals surface area contributed by atoms with Gasteiger partial charge >= 0.3 is 6.18 Å². The summed E-state index contributed by atoms with van der Waals surface area (Å²) in [5.41, 5.74) is 9.25. The summed E-state index contributed by atoms with van der Waals surface area (Å²) >= 11 is 0. The van der Waals surface area contributed by atoms with Gasteiger partial charge in [0.1, 0.15) is 0 Å². The molecule has 0 amide bonds. The van der Waals surface area contributed by atoms with Gasteiger partial charge in [0.05, 0.1) is 5.56 Å². The fourth-order valence-corrected chi connectivity index (χ4v) is 4.93. The summed E-state index contributed by atoms with van der Waals surface area (Å²) in [6.07, 6.45) is -3.40. The molecule has 0 saturated carbocycles. The van der Waals surface area contributed by atoms with Crippen molar-refractivity contribution in [1.29, 1.82) is 0 Å². The Balaban J connectivity index is 1.36. The molecule has 0 fully saturated rings. The monoisotopic (exact) mass is 477 g/mol. The van der Waals surface area contributed by atoms with E-state index in [2.05, 4.69) is 54.6 Å². The highest BCUT2D eigenvalue weighted by Gasteiger charge is 2.30. The summed E-state index contributed by atoms with van der Waals surface area (Å²) in [7, 11) is 0. The van der Waals surface area contributed by atoms with Crippen LogP contribution in [-0.4, -0.2) is 0 Å². The van der Waals surface area contributed by atoms with Gasteiger partial charge in [-0.05, 0) is 94.4 Å². The van der Waals surface area contributed by atoms with Crippen LogP contribution in [0.1, 0.15) is 16.7 Å². The van der Waals surface area contributed by atoms with Crippen LogP contribution in [0.25, 0.3) is 22.3 Å². The van der Waals surface area contributed by atoms with E-state index in [0.29, 0.717) is 5.69 Å². The number of halogens is 3. The van der Waals surface area contributed by atoms with Crippen molar-refractivity contribution in [2.75, 3.05) is 4.90 Å². The van der Waals surface area contributed by atoms with E-state index < -0.39 is 11.7 Å². The van der Waals surface area contributed by atoms with Crippen LogP contribution in [0.4, 0.5) is 30.2 Å². The van der Waals surface area contributed by atoms with Crippen molar-refractivity contribution in [1.82, 2.24) is 0 Å². The number of alkyl halides is 3. The van der Waals surface area contributed by atoms with Crippen molar-refractivity contribution in [3.05, 3.63) is 138 Å². The molecule has 0 atom stereocenters. The number of anilines is 3. The average molecular weight is 478 g/mol. The molecular weight excluding hydrogens is 455 g/mol. The van der Waals surface area contributed by atoms with Gasteiger partial charge in [-0.25, -0.2) is 0 Å². The zero-order chi connectivity index (χ0) is 24.7. The molecule has 6 rings (SSSR count). The fourth-order valence-electron chi connectivity index (χ4n) is 4.93. The van der Waals surface area contributed by atoms with E-state index in [-0.39, 0.29) is 0 Å². The minimum atomic E-state index is -4.37. The molecule has 0 heterocycles. The third-order valence-corrected chi connectivity index (χ3v) is 6.72. The predicted octanol–water partition coefficient (Wildman–Crippen LogP) is 9.41. The van der Waals surface area contributed by atoms with Crippen LogP contribution >= 0.6 is 0 Å². The summed E-state index contributed by atoms with van der Waals surface area (Å²) in [6, 6.07) is 38.2. The molecule has 1 aliphatic rings. The third-order valence-electron chi connectivity index (χ3n) is 6.72. The molecule has 5 aromatic rings. The van der Waals surface area contributed by atoms with E-state index in [1.807, 2.05) is 47.4 Å². The van der Waals surface area contributed by atoms with Gasteiger partial charge < -0.3 is 4.90 Å². The van der Waals surface area contributed by atoms with Crippen molar-refractivity contribution in [2.45, 2.75) is 12.6 Å². The van der Waals surface area contributed by atoms with E-state index in [1.165, 1.54) is 34.4 Å². The Morgan fingerprint density at radius 3 is 1.75 bits per heavy atom. The molecular formula is C32H22F3N. The maximum Gasteiger partial charge on any atom is 0.416 e. The molecule has 0 spiro atoms. The standard InChI is InChI=1S/C32H22F3N/c33-32(34,35)26-14-18-29(19-15-26)36(27-7-2-1-3-8-27)28-16-12-22(13-17-28)23-10-11-25-20-24-6-4-5-9-30(24)31(25)21-23/h1-19,21H,20H2. The van der Waals surface area contributed by atoms with Crippen molar-refractivity contribution < 1.29 is 13.2 Å². The van der Waals surface area contributed by atoms with Crippen LogP contribution in [0.5, 0.6) is 0 Å². The minimum Gasteiger partial charge on any atom is -0.311 e. The Hall–Kier alpha value is -4.31. The number of hydrogen-bond acceptors (Lipinski definition) is 1. The maximum absolute atomic E-state index is 13.1. The second kappa shape index (κ2) is 8.72. The van der Waals surface area contributed by atoms with Crippen molar-refractivity contribution >= 4 is 17.1 Å². The lowest BCUT2D eigenvalue weighted by Gasteiger charge is -2.26. The predicted molar refractivity (Wildman–Crippen MR) is 140 cm³/mol. The topological polar surface area (TPSA) is 3.24 Å². The normalized spacial score (nSPS) is 12.2. The maximum atomic E-state index is 13.1. The number of hydrogen-bond donors (Lipinski definition) is 0. The van der Waals surface area contributed by atoms with Gasteiger partial charge in [-0.1, -0.05) is 66.7 Å². The van der Waals surface area contributed by atoms with Crippen LogP contribution in [0.3, 0.4) is 0 Å². The zero-order valence-electron chi connectivity index (χ0n) is 19.3. The highest BCUT2D eigenvalue weighted by molar-refractivity contribution is 5.83. The van der Waals surface area contributed by atoms with E-state index in [0.717, 1.165) is 41.1 Å². The highest BCUT2D eigenvalue weighted by atomic mass is 19.4. The lowest BCUT2D eigenvalue weighted by molar-refractivity contribution is -0.137. The number of nitrogens with zero attached hydrogens (tertiary/aromatic N) is 1.